The van der Waals surface area contributed by atoms with Gasteiger partial charge in [0.15, 0.2) is 0 Å². The molecule has 0 amide bonds. The first-order valence-corrected chi connectivity index (χ1v) is 6.98. The van der Waals surface area contributed by atoms with Crippen molar-refractivity contribution in [1.82, 2.24) is 4.98 Å². The number of hydrogen-bond donors (Lipinski definition) is 1. The van der Waals surface area contributed by atoms with E-state index in [9.17, 15) is 0 Å². The molecule has 1 aromatic heterocycles. The van der Waals surface area contributed by atoms with Gasteiger partial charge in [0.2, 0.25) is 0 Å². The highest BCUT2D eigenvalue weighted by molar-refractivity contribution is 5.41. The zero-order chi connectivity index (χ0) is 15.2. The third-order valence-electron chi connectivity index (χ3n) is 3.47. The van der Waals surface area contributed by atoms with Gasteiger partial charge in [-0.25, -0.2) is 0 Å². The van der Waals surface area contributed by atoms with Gasteiger partial charge in [-0.1, -0.05) is 18.2 Å². The van der Waals surface area contributed by atoms with Crippen LogP contribution >= 0.6 is 0 Å². The monoisotopic (exact) mass is 287 g/mol. The van der Waals surface area contributed by atoms with Crippen molar-refractivity contribution in [3.05, 3.63) is 52.8 Å². The molecule has 4 heteroatoms. The lowest BCUT2D eigenvalue weighted by atomic mass is 10.1. The topological polar surface area (TPSA) is 51.6 Å². The summed E-state index contributed by atoms with van der Waals surface area (Å²) in [7, 11) is 1.66. The highest BCUT2D eigenvalue weighted by atomic mass is 16.5. The van der Waals surface area contributed by atoms with Gasteiger partial charge < -0.3 is 14.6 Å². The molecule has 0 aliphatic carbocycles. The molecule has 0 fully saturated rings. The molecular formula is C17H21NO3. The number of ether oxygens (including phenoxy) is 2. The van der Waals surface area contributed by atoms with E-state index in [-0.39, 0.29) is 6.61 Å². The zero-order valence-corrected chi connectivity index (χ0v) is 12.7. The smallest absolute Gasteiger partial charge is 0.131 e. The van der Waals surface area contributed by atoms with Gasteiger partial charge in [0.25, 0.3) is 0 Å². The van der Waals surface area contributed by atoms with E-state index in [0.29, 0.717) is 13.0 Å². The van der Waals surface area contributed by atoms with E-state index in [4.69, 9.17) is 14.6 Å². The number of aryl methyl sites for hydroxylation is 1. The van der Waals surface area contributed by atoms with Crippen molar-refractivity contribution in [2.45, 2.75) is 26.9 Å². The molecule has 0 radical (unpaired) electrons. The lowest BCUT2D eigenvalue weighted by Crippen LogP contribution is -2.05. The van der Waals surface area contributed by atoms with Crippen molar-refractivity contribution in [2.24, 2.45) is 0 Å². The first-order valence-electron chi connectivity index (χ1n) is 6.98. The summed E-state index contributed by atoms with van der Waals surface area (Å²) in [4.78, 5) is 4.42. The maximum Gasteiger partial charge on any atom is 0.131 e. The predicted octanol–water partition coefficient (Wildman–Crippen LogP) is 2.82. The maximum atomic E-state index is 9.09. The molecule has 0 atom stereocenters. The molecule has 112 valence electrons. The van der Waals surface area contributed by atoms with Gasteiger partial charge in [-0.05, 0) is 31.9 Å². The van der Waals surface area contributed by atoms with E-state index in [1.165, 1.54) is 0 Å². The Morgan fingerprint density at radius 2 is 1.95 bits per heavy atom. The van der Waals surface area contributed by atoms with Gasteiger partial charge in [-0.2, -0.15) is 0 Å². The first kappa shape index (κ1) is 15.3. The van der Waals surface area contributed by atoms with Gasteiger partial charge in [0.1, 0.15) is 18.1 Å². The summed E-state index contributed by atoms with van der Waals surface area (Å²) in [6, 6.07) is 7.73. The summed E-state index contributed by atoms with van der Waals surface area (Å²) in [5, 5.41) is 9.09. The number of methoxy groups -OCH3 is 1. The van der Waals surface area contributed by atoms with E-state index in [1.807, 2.05) is 38.1 Å². The Balaban J connectivity index is 2.17. The summed E-state index contributed by atoms with van der Waals surface area (Å²) in [5.74, 6) is 1.64. The van der Waals surface area contributed by atoms with Crippen molar-refractivity contribution < 1.29 is 14.6 Å². The molecule has 21 heavy (non-hydrogen) atoms. The number of nitrogens with zero attached hydrogens (tertiary/aromatic N) is 1. The molecule has 0 saturated carbocycles. The fourth-order valence-corrected chi connectivity index (χ4v) is 2.33. The number of benzene rings is 1. The van der Waals surface area contributed by atoms with Crippen LogP contribution in [0.1, 0.15) is 22.4 Å². The van der Waals surface area contributed by atoms with E-state index < -0.39 is 0 Å². The summed E-state index contributed by atoms with van der Waals surface area (Å²) in [5.41, 5.74) is 3.87. The normalized spacial score (nSPS) is 10.5. The van der Waals surface area contributed by atoms with Gasteiger partial charge in [0.05, 0.1) is 12.8 Å². The van der Waals surface area contributed by atoms with Crippen LogP contribution in [0.3, 0.4) is 0 Å². The fourth-order valence-electron chi connectivity index (χ4n) is 2.33. The number of aromatic nitrogens is 1. The Morgan fingerprint density at radius 3 is 2.67 bits per heavy atom. The quantitative estimate of drug-likeness (QED) is 0.887. The van der Waals surface area contributed by atoms with Crippen LogP contribution in [0.4, 0.5) is 0 Å². The minimum absolute atomic E-state index is 0.107. The number of pyridine rings is 1. The van der Waals surface area contributed by atoms with E-state index in [2.05, 4.69) is 4.98 Å². The van der Waals surface area contributed by atoms with Gasteiger partial charge in [-0.15, -0.1) is 0 Å². The van der Waals surface area contributed by atoms with E-state index >= 15 is 0 Å². The SMILES string of the molecule is COc1c(C)cnc(COc2ccccc2CCO)c1C. The van der Waals surface area contributed by atoms with Gasteiger partial charge >= 0.3 is 0 Å². The molecular weight excluding hydrogens is 266 g/mol. The van der Waals surface area contributed by atoms with E-state index in [1.54, 1.807) is 13.3 Å². The second kappa shape index (κ2) is 7.09. The van der Waals surface area contributed by atoms with Crippen LogP contribution in [-0.2, 0) is 13.0 Å². The number of aliphatic hydroxyl groups is 1. The van der Waals surface area contributed by atoms with Gasteiger partial charge in [-0.3, -0.25) is 4.98 Å². The summed E-state index contributed by atoms with van der Waals surface area (Å²) < 4.78 is 11.3. The van der Waals surface area contributed by atoms with Crippen molar-refractivity contribution in [1.29, 1.82) is 0 Å². The van der Waals surface area contributed by atoms with E-state index in [0.717, 1.165) is 33.9 Å². The van der Waals surface area contributed by atoms with Gasteiger partial charge in [0, 0.05) is 23.9 Å². The van der Waals surface area contributed by atoms with Crippen LogP contribution in [0.25, 0.3) is 0 Å². The van der Waals surface area contributed by atoms with Crippen LogP contribution in [-0.4, -0.2) is 23.8 Å². The largest absolute Gasteiger partial charge is 0.496 e. The summed E-state index contributed by atoms with van der Waals surface area (Å²) in [6.45, 7) is 4.44. The number of hydrogen-bond acceptors (Lipinski definition) is 4. The Labute approximate surface area is 125 Å². The fraction of sp³-hybridized carbons (Fsp3) is 0.353. The minimum Gasteiger partial charge on any atom is -0.496 e. The van der Waals surface area contributed by atoms with Crippen LogP contribution in [0.5, 0.6) is 11.5 Å². The summed E-state index contributed by atoms with van der Waals surface area (Å²) in [6.07, 6.45) is 2.38. The van der Waals surface area contributed by atoms with Crippen LogP contribution < -0.4 is 9.47 Å². The number of para-hydroxylation sites is 1. The Bertz CT molecular complexity index is 611. The molecule has 4 nitrogen and oxygen atoms in total. The molecule has 0 aliphatic rings. The third-order valence-corrected chi connectivity index (χ3v) is 3.47. The average molecular weight is 287 g/mol. The highest BCUT2D eigenvalue weighted by Gasteiger charge is 2.11. The average Bonchev–Trinajstić information content (AvgIpc) is 2.49. The second-order valence-corrected chi connectivity index (χ2v) is 4.92. The minimum atomic E-state index is 0.107. The standard InChI is InChI=1S/C17H21NO3/c1-12-10-18-15(13(2)17(12)20-3)11-21-16-7-5-4-6-14(16)8-9-19/h4-7,10,19H,8-9,11H2,1-3H3. The lowest BCUT2D eigenvalue weighted by molar-refractivity contribution is 0.280. The molecule has 0 aliphatic heterocycles. The molecule has 1 aromatic carbocycles. The number of rotatable bonds is 6. The molecule has 0 unspecified atom stereocenters. The molecule has 0 spiro atoms. The highest BCUT2D eigenvalue weighted by Crippen LogP contribution is 2.25. The van der Waals surface area contributed by atoms with Crippen molar-refractivity contribution >= 4 is 0 Å². The molecule has 0 bridgehead atoms. The van der Waals surface area contributed by atoms with Crippen LogP contribution in [0.15, 0.2) is 30.5 Å². The predicted molar refractivity (Wildman–Crippen MR) is 81.8 cm³/mol. The van der Waals surface area contributed by atoms with Crippen molar-refractivity contribution in [3.63, 3.8) is 0 Å². The molecule has 1 N–H and O–H groups in total. The molecule has 0 saturated heterocycles. The molecule has 2 aromatic rings. The Kier molecular flexibility index (Phi) is 5.17. The summed E-state index contributed by atoms with van der Waals surface area (Å²) >= 11 is 0. The molecule has 2 rings (SSSR count). The maximum absolute atomic E-state index is 9.09. The first-order chi connectivity index (χ1) is 10.2. The zero-order valence-electron chi connectivity index (χ0n) is 12.7. The van der Waals surface area contributed by atoms with Crippen molar-refractivity contribution in [3.8, 4) is 11.5 Å². The van der Waals surface area contributed by atoms with Crippen molar-refractivity contribution in [2.75, 3.05) is 13.7 Å². The van der Waals surface area contributed by atoms with Crippen LogP contribution in [0.2, 0.25) is 0 Å². The lowest BCUT2D eigenvalue weighted by Gasteiger charge is -2.14. The molecule has 1 heterocycles. The Morgan fingerprint density at radius 1 is 1.19 bits per heavy atom. The third kappa shape index (κ3) is 3.52. The van der Waals surface area contributed by atoms with Crippen LogP contribution in [0, 0.1) is 13.8 Å². The Hall–Kier alpha value is -2.07. The number of aliphatic hydroxyl groups excluding tert-OH is 1. The second-order valence-electron chi connectivity index (χ2n) is 4.92.